The third-order valence-electron chi connectivity index (χ3n) is 4.38. The van der Waals surface area contributed by atoms with E-state index in [2.05, 4.69) is 22.3 Å². The number of fused-ring (bicyclic) bond motifs is 1. The SMILES string of the molecule is CCSc1nc2n(n1)[C@@H](c1ccc(Cl)cc1Cl)C1=C(CCCC1=O)N2. The summed E-state index contributed by atoms with van der Waals surface area (Å²) in [6.07, 6.45) is 2.21. The first-order valence-corrected chi connectivity index (χ1v) is 9.90. The lowest BCUT2D eigenvalue weighted by molar-refractivity contribution is -0.116. The molecule has 0 radical (unpaired) electrons. The topological polar surface area (TPSA) is 59.8 Å². The number of nitrogens with one attached hydrogen (secondary N) is 1. The highest BCUT2D eigenvalue weighted by atomic mass is 35.5. The van der Waals surface area contributed by atoms with Crippen molar-refractivity contribution in [2.45, 2.75) is 37.4 Å². The molecule has 1 N–H and O–H groups in total. The molecule has 0 amide bonds. The van der Waals surface area contributed by atoms with Crippen LogP contribution in [0.1, 0.15) is 37.8 Å². The Morgan fingerprint density at radius 3 is 2.96 bits per heavy atom. The number of carbonyl (C=O) groups is 1. The molecule has 1 aliphatic carbocycles. The van der Waals surface area contributed by atoms with Crippen molar-refractivity contribution in [2.24, 2.45) is 0 Å². The number of hydrogen-bond acceptors (Lipinski definition) is 5. The minimum atomic E-state index is -0.373. The van der Waals surface area contributed by atoms with Gasteiger partial charge in [-0.05, 0) is 30.7 Å². The van der Waals surface area contributed by atoms with Gasteiger partial charge >= 0.3 is 0 Å². The van der Waals surface area contributed by atoms with Crippen molar-refractivity contribution >= 4 is 46.7 Å². The zero-order valence-corrected chi connectivity index (χ0v) is 15.9. The molecule has 2 heterocycles. The Kier molecular flexibility index (Phi) is 4.52. The Hall–Kier alpha value is -1.50. The summed E-state index contributed by atoms with van der Waals surface area (Å²) in [5.74, 6) is 1.66. The summed E-state index contributed by atoms with van der Waals surface area (Å²) in [6, 6.07) is 4.98. The molecule has 1 atom stereocenters. The molecule has 2 aliphatic rings. The van der Waals surface area contributed by atoms with Gasteiger partial charge in [0, 0.05) is 33.3 Å². The fourth-order valence-electron chi connectivity index (χ4n) is 3.34. The zero-order valence-electron chi connectivity index (χ0n) is 13.6. The van der Waals surface area contributed by atoms with Gasteiger partial charge in [0.1, 0.15) is 6.04 Å². The van der Waals surface area contributed by atoms with Crippen LogP contribution in [0.3, 0.4) is 0 Å². The van der Waals surface area contributed by atoms with Crippen LogP contribution in [0.2, 0.25) is 10.0 Å². The third-order valence-corrected chi connectivity index (χ3v) is 5.66. The maximum atomic E-state index is 12.7. The lowest BCUT2D eigenvalue weighted by Crippen LogP contribution is -2.31. The van der Waals surface area contributed by atoms with Crippen LogP contribution in [-0.4, -0.2) is 26.3 Å². The standard InChI is InChI=1S/C17H16Cl2N4OS/c1-2-25-17-21-16-20-12-4-3-5-13(24)14(12)15(23(16)22-17)10-7-6-9(18)8-11(10)19/h6-8,15H,2-5H2,1H3,(H,20,21,22)/t15-/m0/s1. The van der Waals surface area contributed by atoms with Crippen molar-refractivity contribution in [3.8, 4) is 0 Å². The van der Waals surface area contributed by atoms with E-state index in [0.717, 1.165) is 35.4 Å². The van der Waals surface area contributed by atoms with Crippen LogP contribution >= 0.6 is 35.0 Å². The number of Topliss-reactive ketones (excluding diaryl/α,β-unsaturated/α-hetero) is 1. The highest BCUT2D eigenvalue weighted by Gasteiger charge is 2.37. The van der Waals surface area contributed by atoms with Crippen LogP contribution in [0.5, 0.6) is 0 Å². The van der Waals surface area contributed by atoms with Gasteiger partial charge in [0.15, 0.2) is 5.78 Å². The number of benzene rings is 1. The molecule has 0 unspecified atom stereocenters. The summed E-state index contributed by atoms with van der Waals surface area (Å²) in [4.78, 5) is 17.3. The van der Waals surface area contributed by atoms with Crippen molar-refractivity contribution in [3.05, 3.63) is 45.1 Å². The van der Waals surface area contributed by atoms with Crippen molar-refractivity contribution in [1.29, 1.82) is 0 Å². The first-order valence-electron chi connectivity index (χ1n) is 8.16. The molecule has 0 saturated carbocycles. The highest BCUT2D eigenvalue weighted by Crippen LogP contribution is 2.42. The lowest BCUT2D eigenvalue weighted by Gasteiger charge is -2.32. The number of nitrogens with zero attached hydrogens (tertiary/aromatic N) is 3. The van der Waals surface area contributed by atoms with Gasteiger partial charge < -0.3 is 5.32 Å². The Labute approximate surface area is 159 Å². The van der Waals surface area contributed by atoms with Crippen LogP contribution in [0, 0.1) is 0 Å². The average molecular weight is 395 g/mol. The van der Waals surface area contributed by atoms with Crippen LogP contribution in [0.4, 0.5) is 5.95 Å². The average Bonchev–Trinajstić information content (AvgIpc) is 2.96. The highest BCUT2D eigenvalue weighted by molar-refractivity contribution is 7.99. The van der Waals surface area contributed by atoms with Gasteiger partial charge in [-0.25, -0.2) is 4.68 Å². The Morgan fingerprint density at radius 2 is 2.20 bits per heavy atom. The summed E-state index contributed by atoms with van der Waals surface area (Å²) in [6.45, 7) is 2.05. The van der Waals surface area contributed by atoms with Crippen molar-refractivity contribution in [2.75, 3.05) is 11.1 Å². The number of aromatic nitrogens is 3. The fraction of sp³-hybridized carbons (Fsp3) is 0.353. The maximum Gasteiger partial charge on any atom is 0.227 e. The zero-order chi connectivity index (χ0) is 17.6. The second-order valence-electron chi connectivity index (χ2n) is 5.96. The van der Waals surface area contributed by atoms with Crippen LogP contribution in [0.25, 0.3) is 0 Å². The second kappa shape index (κ2) is 6.67. The number of thioether (sulfide) groups is 1. The van der Waals surface area contributed by atoms with E-state index < -0.39 is 0 Å². The third kappa shape index (κ3) is 2.96. The maximum absolute atomic E-state index is 12.7. The molecule has 0 saturated heterocycles. The number of halogens is 2. The van der Waals surface area contributed by atoms with E-state index in [-0.39, 0.29) is 11.8 Å². The smallest absolute Gasteiger partial charge is 0.227 e. The van der Waals surface area contributed by atoms with E-state index >= 15 is 0 Å². The molecule has 1 aromatic heterocycles. The molecular weight excluding hydrogens is 379 g/mol. The second-order valence-corrected chi connectivity index (χ2v) is 8.03. The molecule has 1 aromatic carbocycles. The largest absolute Gasteiger partial charge is 0.328 e. The van der Waals surface area contributed by atoms with Crippen molar-refractivity contribution in [1.82, 2.24) is 14.8 Å². The molecule has 5 nitrogen and oxygen atoms in total. The molecule has 130 valence electrons. The predicted octanol–water partition coefficient (Wildman–Crippen LogP) is 4.72. The minimum Gasteiger partial charge on any atom is -0.328 e. The Bertz CT molecular complexity index is 893. The van der Waals surface area contributed by atoms with E-state index in [9.17, 15) is 4.79 Å². The summed E-state index contributed by atoms with van der Waals surface area (Å²) >= 11 is 14.1. The minimum absolute atomic E-state index is 0.135. The van der Waals surface area contributed by atoms with Gasteiger partial charge in [0.25, 0.3) is 0 Å². The molecule has 8 heteroatoms. The first-order chi connectivity index (χ1) is 12.1. The molecule has 25 heavy (non-hydrogen) atoms. The van der Waals surface area contributed by atoms with E-state index in [1.54, 1.807) is 28.6 Å². The first kappa shape index (κ1) is 16.9. The molecule has 1 aliphatic heterocycles. The van der Waals surface area contributed by atoms with Gasteiger partial charge in [-0.15, -0.1) is 5.10 Å². The molecule has 0 fully saturated rings. The van der Waals surface area contributed by atoms with Crippen LogP contribution in [-0.2, 0) is 4.79 Å². The number of hydrogen-bond donors (Lipinski definition) is 1. The summed E-state index contributed by atoms with van der Waals surface area (Å²) in [5.41, 5.74) is 2.48. The molecule has 0 bridgehead atoms. The number of ketones is 1. The van der Waals surface area contributed by atoms with Crippen molar-refractivity contribution < 1.29 is 4.79 Å². The van der Waals surface area contributed by atoms with Gasteiger partial charge in [0.05, 0.1) is 0 Å². The lowest BCUT2D eigenvalue weighted by atomic mass is 9.85. The normalized spacial score (nSPS) is 19.5. The van der Waals surface area contributed by atoms with E-state index in [1.165, 1.54) is 0 Å². The van der Waals surface area contributed by atoms with Crippen LogP contribution < -0.4 is 5.32 Å². The monoisotopic (exact) mass is 394 g/mol. The molecule has 4 rings (SSSR count). The Morgan fingerprint density at radius 1 is 1.36 bits per heavy atom. The number of allylic oxidation sites excluding steroid dienone is 2. The van der Waals surface area contributed by atoms with E-state index in [4.69, 9.17) is 23.2 Å². The van der Waals surface area contributed by atoms with Gasteiger partial charge in [-0.1, -0.05) is 48.0 Å². The number of anilines is 1. The summed E-state index contributed by atoms with van der Waals surface area (Å²) in [5, 5.41) is 9.69. The predicted molar refractivity (Wildman–Crippen MR) is 101 cm³/mol. The van der Waals surface area contributed by atoms with E-state index in [1.807, 2.05) is 6.07 Å². The molecule has 2 aromatic rings. The van der Waals surface area contributed by atoms with Gasteiger partial charge in [-0.3, -0.25) is 4.79 Å². The Balaban J connectivity index is 1.91. The van der Waals surface area contributed by atoms with Gasteiger partial charge in [0.2, 0.25) is 11.1 Å². The van der Waals surface area contributed by atoms with Crippen LogP contribution in [0.15, 0.2) is 34.6 Å². The fourth-order valence-corrected chi connectivity index (χ4v) is 4.40. The molecule has 0 spiro atoms. The number of carbonyl (C=O) groups excluding carboxylic acids is 1. The van der Waals surface area contributed by atoms with E-state index in [0.29, 0.717) is 27.6 Å². The quantitative estimate of drug-likeness (QED) is 0.763. The van der Waals surface area contributed by atoms with Gasteiger partial charge in [-0.2, -0.15) is 4.98 Å². The summed E-state index contributed by atoms with van der Waals surface area (Å²) in [7, 11) is 0. The summed E-state index contributed by atoms with van der Waals surface area (Å²) < 4.78 is 1.77. The molecular formula is C17H16Cl2N4OS. The van der Waals surface area contributed by atoms with Crippen molar-refractivity contribution in [3.63, 3.8) is 0 Å². The number of rotatable bonds is 3.